The maximum Gasteiger partial charge on any atom is 0.131 e. The molecule has 0 amide bonds. The molecular weight excluding hydrogens is 728 g/mol. The monoisotopic (exact) mass is 775 g/mol. The summed E-state index contributed by atoms with van der Waals surface area (Å²) in [4.78, 5) is 0. The van der Waals surface area contributed by atoms with E-state index in [2.05, 4.69) is 196 Å². The molecule has 9 aromatic rings. The molecule has 0 spiro atoms. The van der Waals surface area contributed by atoms with E-state index in [1.54, 1.807) is 0 Å². The van der Waals surface area contributed by atoms with E-state index in [1.807, 2.05) is 42.5 Å². The van der Waals surface area contributed by atoms with E-state index in [1.165, 1.54) is 5.56 Å². The summed E-state index contributed by atoms with van der Waals surface area (Å²) in [7, 11) is 0. The van der Waals surface area contributed by atoms with Crippen LogP contribution in [0.25, 0.3) is 44.5 Å². The van der Waals surface area contributed by atoms with Crippen molar-refractivity contribution in [1.82, 2.24) is 0 Å². The molecule has 60 heavy (non-hydrogen) atoms. The van der Waals surface area contributed by atoms with Crippen LogP contribution < -0.4 is 0 Å². The first-order valence-electron chi connectivity index (χ1n) is 21.4. The SMILES string of the molecule is [2H]c1ccc(C(c2ccccc2-c2ccccc2)c2cc(-c3ccccc3-c3ccccc3)cc(C(c3cccc(-c4ccccc4)c3)c3cccc(C(C)C)c3)c2F)cc1. The summed E-state index contributed by atoms with van der Waals surface area (Å²) >= 11 is 0. The van der Waals surface area contributed by atoms with Crippen molar-refractivity contribution in [3.63, 3.8) is 0 Å². The van der Waals surface area contributed by atoms with Crippen molar-refractivity contribution >= 4 is 0 Å². The van der Waals surface area contributed by atoms with E-state index in [0.717, 1.165) is 66.8 Å². The van der Waals surface area contributed by atoms with Crippen LogP contribution >= 0.6 is 0 Å². The normalized spacial score (nSPS) is 12.5. The fraction of sp³-hybridized carbons (Fsp3) is 0.0847. The van der Waals surface area contributed by atoms with Crippen LogP contribution in [0.5, 0.6) is 0 Å². The van der Waals surface area contributed by atoms with Crippen LogP contribution in [-0.2, 0) is 0 Å². The summed E-state index contributed by atoms with van der Waals surface area (Å²) in [6, 6.07) is 77.7. The highest BCUT2D eigenvalue weighted by molar-refractivity contribution is 5.84. The Morgan fingerprint density at radius 3 is 1.42 bits per heavy atom. The van der Waals surface area contributed by atoms with Crippen molar-refractivity contribution in [2.45, 2.75) is 31.6 Å². The second-order valence-electron chi connectivity index (χ2n) is 15.8. The van der Waals surface area contributed by atoms with Crippen LogP contribution in [0, 0.1) is 5.82 Å². The molecule has 2 atom stereocenters. The first-order chi connectivity index (χ1) is 29.9. The standard InChI is InChI=1S/C59H47F/c1-41(2)46-29-19-31-48(37-46)57(49-32-20-30-47(38-49)42-21-7-3-8-22-42)55-39-50(53-35-16-15-33-51(53)43-23-9-4-10-24-43)40-56(59(55)60)58(45-27-13-6-14-28-45)54-36-18-17-34-52(54)44-25-11-5-12-26-44/h3-41,57-58H,1-2H3/i6D. The molecule has 0 aliphatic heterocycles. The van der Waals surface area contributed by atoms with Gasteiger partial charge >= 0.3 is 0 Å². The van der Waals surface area contributed by atoms with Crippen LogP contribution in [0.4, 0.5) is 4.39 Å². The molecule has 9 aromatic carbocycles. The Morgan fingerprint density at radius 1 is 0.333 bits per heavy atom. The van der Waals surface area contributed by atoms with Crippen LogP contribution in [0.15, 0.2) is 230 Å². The predicted octanol–water partition coefficient (Wildman–Crippen LogP) is 16.0. The first kappa shape index (κ1) is 37.2. The van der Waals surface area contributed by atoms with Crippen molar-refractivity contribution in [3.05, 3.63) is 275 Å². The molecule has 290 valence electrons. The fourth-order valence-corrected chi connectivity index (χ4v) is 8.78. The molecule has 0 bridgehead atoms. The molecule has 0 aromatic heterocycles. The third-order valence-electron chi connectivity index (χ3n) is 11.7. The van der Waals surface area contributed by atoms with Crippen LogP contribution in [0.3, 0.4) is 0 Å². The van der Waals surface area contributed by atoms with E-state index in [9.17, 15) is 0 Å². The average Bonchev–Trinajstić information content (AvgIpc) is 3.32. The van der Waals surface area contributed by atoms with Gasteiger partial charge in [0.1, 0.15) is 5.82 Å². The second-order valence-corrected chi connectivity index (χ2v) is 15.8. The van der Waals surface area contributed by atoms with Gasteiger partial charge in [0.15, 0.2) is 0 Å². The van der Waals surface area contributed by atoms with Gasteiger partial charge in [-0.15, -0.1) is 0 Å². The van der Waals surface area contributed by atoms with Gasteiger partial charge in [-0.3, -0.25) is 0 Å². The Kier molecular flexibility index (Phi) is 10.8. The summed E-state index contributed by atoms with van der Waals surface area (Å²) in [5, 5.41) is 0. The number of halogens is 1. The zero-order valence-electron chi connectivity index (χ0n) is 35.0. The van der Waals surface area contributed by atoms with Gasteiger partial charge in [0.05, 0.1) is 1.37 Å². The first-order valence-corrected chi connectivity index (χ1v) is 20.9. The fourth-order valence-electron chi connectivity index (χ4n) is 8.78. The van der Waals surface area contributed by atoms with Gasteiger partial charge in [0, 0.05) is 23.0 Å². The molecule has 1 heteroatoms. The molecule has 0 saturated carbocycles. The minimum absolute atomic E-state index is 0.242. The molecule has 9 rings (SSSR count). The highest BCUT2D eigenvalue weighted by Gasteiger charge is 2.30. The zero-order valence-corrected chi connectivity index (χ0v) is 34.0. The van der Waals surface area contributed by atoms with Crippen molar-refractivity contribution in [1.29, 1.82) is 0 Å². The van der Waals surface area contributed by atoms with Gasteiger partial charge in [-0.2, -0.15) is 0 Å². The summed E-state index contributed by atoms with van der Waals surface area (Å²) in [5.41, 5.74) is 14.8. The van der Waals surface area contributed by atoms with E-state index in [-0.39, 0.29) is 5.82 Å². The Morgan fingerprint density at radius 2 is 0.783 bits per heavy atom. The lowest BCUT2D eigenvalue weighted by Crippen LogP contribution is -2.13. The lowest BCUT2D eigenvalue weighted by atomic mass is 9.76. The second kappa shape index (κ2) is 17.4. The maximum atomic E-state index is 18.9. The number of hydrogen-bond donors (Lipinski definition) is 0. The zero-order chi connectivity index (χ0) is 41.7. The Hall–Kier alpha value is -7.09. The van der Waals surface area contributed by atoms with Gasteiger partial charge in [0.25, 0.3) is 0 Å². The third-order valence-corrected chi connectivity index (χ3v) is 11.7. The van der Waals surface area contributed by atoms with Gasteiger partial charge in [-0.1, -0.05) is 232 Å². The van der Waals surface area contributed by atoms with Crippen molar-refractivity contribution in [3.8, 4) is 44.5 Å². The van der Waals surface area contributed by atoms with Crippen LogP contribution in [-0.4, -0.2) is 0 Å². The number of benzene rings is 9. The highest BCUT2D eigenvalue weighted by Crippen LogP contribution is 2.46. The van der Waals surface area contributed by atoms with Gasteiger partial charge in [-0.05, 0) is 90.4 Å². The van der Waals surface area contributed by atoms with Crippen molar-refractivity contribution in [2.75, 3.05) is 0 Å². The smallest absolute Gasteiger partial charge is 0.131 e. The Balaban J connectivity index is 1.38. The molecule has 0 nitrogen and oxygen atoms in total. The van der Waals surface area contributed by atoms with E-state index in [4.69, 9.17) is 1.37 Å². The molecule has 0 fully saturated rings. The summed E-state index contributed by atoms with van der Waals surface area (Å²) in [6.45, 7) is 4.42. The minimum Gasteiger partial charge on any atom is -0.206 e. The molecular formula is C59H47F. The number of rotatable bonds is 11. The summed E-state index contributed by atoms with van der Waals surface area (Å²) < 4.78 is 27.3. The van der Waals surface area contributed by atoms with Gasteiger partial charge < -0.3 is 0 Å². The molecule has 0 aliphatic rings. The highest BCUT2D eigenvalue weighted by atomic mass is 19.1. The van der Waals surface area contributed by atoms with Crippen LogP contribution in [0.1, 0.15) is 71.9 Å². The van der Waals surface area contributed by atoms with Crippen molar-refractivity contribution < 1.29 is 5.76 Å². The molecule has 0 saturated heterocycles. The minimum atomic E-state index is -0.502. The summed E-state index contributed by atoms with van der Waals surface area (Å²) in [5.74, 6) is -0.892. The molecule has 0 radical (unpaired) electrons. The van der Waals surface area contributed by atoms with E-state index in [0.29, 0.717) is 23.1 Å². The lowest BCUT2D eigenvalue weighted by Gasteiger charge is -2.28. The maximum absolute atomic E-state index is 18.9. The largest absolute Gasteiger partial charge is 0.206 e. The summed E-state index contributed by atoms with van der Waals surface area (Å²) in [6.07, 6.45) is 0. The van der Waals surface area contributed by atoms with Crippen molar-refractivity contribution in [2.24, 2.45) is 0 Å². The Bertz CT molecular complexity index is 2900. The molecule has 0 heterocycles. The Labute approximate surface area is 355 Å². The van der Waals surface area contributed by atoms with E-state index >= 15 is 4.39 Å². The number of hydrogen-bond acceptors (Lipinski definition) is 0. The average molecular weight is 776 g/mol. The predicted molar refractivity (Wildman–Crippen MR) is 250 cm³/mol. The van der Waals surface area contributed by atoms with E-state index < -0.39 is 11.8 Å². The van der Waals surface area contributed by atoms with Crippen LogP contribution in [0.2, 0.25) is 0 Å². The molecule has 2 unspecified atom stereocenters. The quantitative estimate of drug-likeness (QED) is 0.115. The molecule has 0 aliphatic carbocycles. The lowest BCUT2D eigenvalue weighted by molar-refractivity contribution is 0.587. The van der Waals surface area contributed by atoms with Gasteiger partial charge in [-0.25, -0.2) is 4.39 Å². The van der Waals surface area contributed by atoms with Gasteiger partial charge in [0.2, 0.25) is 0 Å². The molecule has 0 N–H and O–H groups in total. The topological polar surface area (TPSA) is 0 Å². The third kappa shape index (κ3) is 7.87.